The van der Waals surface area contributed by atoms with Gasteiger partial charge in [0, 0.05) is 39.3 Å². The normalized spacial score (nSPS) is 16.1. The third-order valence-corrected chi connectivity index (χ3v) is 13.7. The molecule has 2 unspecified atom stereocenters. The molecule has 1 heterocycles. The van der Waals surface area contributed by atoms with Crippen molar-refractivity contribution in [3.05, 3.63) is 248 Å². The molecule has 1 aliphatic carbocycles. The Morgan fingerprint density at radius 1 is 0.477 bits per heavy atom. The Balaban J connectivity index is 1.11. The minimum Gasteiger partial charge on any atom is -0.331 e. The first-order valence-corrected chi connectivity index (χ1v) is 22.9. The molecular weight excluding hydrogens is 785 g/mol. The van der Waals surface area contributed by atoms with Gasteiger partial charge < -0.3 is 9.47 Å². The number of allylic oxidation sites excluding steroid dienone is 2. The van der Waals surface area contributed by atoms with Crippen LogP contribution in [0.1, 0.15) is 44.7 Å². The molecule has 9 aromatic carbocycles. The average Bonchev–Trinajstić information content (AvgIpc) is 3.69. The van der Waals surface area contributed by atoms with Gasteiger partial charge >= 0.3 is 0 Å². The minimum atomic E-state index is -0.494. The van der Waals surface area contributed by atoms with Crippen LogP contribution in [0.15, 0.2) is 237 Å². The summed E-state index contributed by atoms with van der Waals surface area (Å²) in [6, 6.07) is 78.3. The maximum absolute atomic E-state index is 2.61. The van der Waals surface area contributed by atoms with Gasteiger partial charge in [0.25, 0.3) is 0 Å². The van der Waals surface area contributed by atoms with E-state index in [4.69, 9.17) is 0 Å². The van der Waals surface area contributed by atoms with Crippen LogP contribution in [0.25, 0.3) is 71.6 Å². The van der Waals surface area contributed by atoms with Crippen molar-refractivity contribution in [3.8, 4) is 39.1 Å². The van der Waals surface area contributed by atoms with Gasteiger partial charge in [-0.15, -0.1) is 0 Å². The Hall–Kier alpha value is -7.68. The predicted octanol–water partition coefficient (Wildman–Crippen LogP) is 17.0. The van der Waals surface area contributed by atoms with Crippen molar-refractivity contribution in [1.82, 2.24) is 4.57 Å². The number of fused-ring (bicyclic) bond motifs is 4. The molecule has 2 nitrogen and oxygen atoms in total. The number of rotatable bonds is 8. The Kier molecular flexibility index (Phi) is 9.97. The van der Waals surface area contributed by atoms with Gasteiger partial charge in [0.05, 0.1) is 16.6 Å². The summed E-state index contributed by atoms with van der Waals surface area (Å²) < 4.78 is 2.40. The van der Waals surface area contributed by atoms with Crippen molar-refractivity contribution in [2.75, 3.05) is 4.90 Å². The van der Waals surface area contributed by atoms with Crippen molar-refractivity contribution < 1.29 is 0 Å². The summed E-state index contributed by atoms with van der Waals surface area (Å²) in [5, 5.41) is 4.99. The zero-order chi connectivity index (χ0) is 44.1. The fourth-order valence-corrected chi connectivity index (χ4v) is 10.5. The highest BCUT2D eigenvalue weighted by molar-refractivity contribution is 6.16. The van der Waals surface area contributed by atoms with Gasteiger partial charge in [-0.25, -0.2) is 0 Å². The molecule has 0 amide bonds. The highest BCUT2D eigenvalue weighted by atomic mass is 15.2. The van der Waals surface area contributed by atoms with E-state index in [0.717, 1.165) is 17.1 Å². The molecule has 314 valence electrons. The standard InChI is InChI=1S/C63H52N2/c1-62(2,3)48-39-35-46(36-40-48)56-31-15-16-43-63(56,4)65(58-33-14-11-26-53(58)54-30-18-23-47-22-17-28-51(60(47)54)44-20-7-5-8-21-44)50-41-37-45(38-42-50)52-29-19-34-59-61(52)55-27-12-13-32-57(55)64(59)49-24-9-6-10-25-49/h5-43,56H,1-4H3. The van der Waals surface area contributed by atoms with E-state index in [0.29, 0.717) is 0 Å². The molecule has 2 heteroatoms. The summed E-state index contributed by atoms with van der Waals surface area (Å²) >= 11 is 0. The van der Waals surface area contributed by atoms with Gasteiger partial charge in [-0.3, -0.25) is 0 Å². The van der Waals surface area contributed by atoms with E-state index in [2.05, 4.69) is 274 Å². The van der Waals surface area contributed by atoms with Gasteiger partial charge in [-0.05, 0) is 105 Å². The molecule has 10 aromatic rings. The third kappa shape index (κ3) is 6.98. The van der Waals surface area contributed by atoms with E-state index in [1.165, 1.54) is 77.1 Å². The molecular formula is C63H52N2. The summed E-state index contributed by atoms with van der Waals surface area (Å²) in [5.41, 5.74) is 15.3. The summed E-state index contributed by atoms with van der Waals surface area (Å²) in [6.07, 6.45) is 9.27. The van der Waals surface area contributed by atoms with Crippen LogP contribution in [0, 0.1) is 0 Å². The van der Waals surface area contributed by atoms with Gasteiger partial charge in [-0.1, -0.05) is 215 Å². The smallest absolute Gasteiger partial charge is 0.0711 e. The number of para-hydroxylation sites is 3. The van der Waals surface area contributed by atoms with Gasteiger partial charge in [0.2, 0.25) is 0 Å². The average molecular weight is 837 g/mol. The lowest BCUT2D eigenvalue weighted by molar-refractivity contribution is 0.505. The van der Waals surface area contributed by atoms with Crippen LogP contribution in [-0.2, 0) is 5.41 Å². The monoisotopic (exact) mass is 836 g/mol. The van der Waals surface area contributed by atoms with Gasteiger partial charge in [0.15, 0.2) is 0 Å². The summed E-state index contributed by atoms with van der Waals surface area (Å²) in [7, 11) is 0. The van der Waals surface area contributed by atoms with Crippen LogP contribution in [0.2, 0.25) is 0 Å². The zero-order valence-electron chi connectivity index (χ0n) is 37.5. The van der Waals surface area contributed by atoms with Crippen LogP contribution < -0.4 is 4.90 Å². The lowest BCUT2D eigenvalue weighted by Crippen LogP contribution is -2.47. The molecule has 0 saturated heterocycles. The lowest BCUT2D eigenvalue weighted by atomic mass is 9.74. The molecule has 2 atom stereocenters. The third-order valence-electron chi connectivity index (χ3n) is 13.7. The fraction of sp³-hybridized carbons (Fsp3) is 0.111. The fourth-order valence-electron chi connectivity index (χ4n) is 10.5. The molecule has 0 spiro atoms. The number of benzene rings is 9. The van der Waals surface area contributed by atoms with Crippen molar-refractivity contribution >= 4 is 44.0 Å². The van der Waals surface area contributed by atoms with Crippen LogP contribution in [0.3, 0.4) is 0 Å². The highest BCUT2D eigenvalue weighted by Gasteiger charge is 2.41. The van der Waals surface area contributed by atoms with Crippen molar-refractivity contribution in [1.29, 1.82) is 0 Å². The minimum absolute atomic E-state index is 0.0551. The Morgan fingerprint density at radius 3 is 1.80 bits per heavy atom. The predicted molar refractivity (Wildman–Crippen MR) is 278 cm³/mol. The molecule has 0 aliphatic heterocycles. The first-order valence-electron chi connectivity index (χ1n) is 22.9. The van der Waals surface area contributed by atoms with Crippen molar-refractivity contribution in [3.63, 3.8) is 0 Å². The number of nitrogens with zero attached hydrogens (tertiary/aromatic N) is 2. The Morgan fingerprint density at radius 2 is 1.06 bits per heavy atom. The topological polar surface area (TPSA) is 8.17 Å². The second-order valence-corrected chi connectivity index (χ2v) is 18.7. The SMILES string of the molecule is CC(C)(C)c1ccc(C2C=CC=CC2(C)N(c2ccc(-c3cccc4c3c3ccccc3n4-c3ccccc3)cc2)c2ccccc2-c2cccc3cccc(-c4ccccc4)c23)cc1. The maximum Gasteiger partial charge on any atom is 0.0711 e. The lowest BCUT2D eigenvalue weighted by Gasteiger charge is -2.47. The number of aromatic nitrogens is 1. The molecule has 1 aromatic heterocycles. The summed E-state index contributed by atoms with van der Waals surface area (Å²) in [4.78, 5) is 2.61. The van der Waals surface area contributed by atoms with Gasteiger partial charge in [0.1, 0.15) is 0 Å². The second-order valence-electron chi connectivity index (χ2n) is 18.7. The molecule has 0 bridgehead atoms. The molecule has 11 rings (SSSR count). The molecule has 1 aliphatic rings. The van der Waals surface area contributed by atoms with E-state index < -0.39 is 5.54 Å². The first kappa shape index (κ1) is 40.1. The molecule has 0 radical (unpaired) electrons. The maximum atomic E-state index is 2.61. The molecule has 0 N–H and O–H groups in total. The largest absolute Gasteiger partial charge is 0.331 e. The summed E-state index contributed by atoms with van der Waals surface area (Å²) in [6.45, 7) is 9.28. The van der Waals surface area contributed by atoms with Crippen LogP contribution in [-0.4, -0.2) is 10.1 Å². The molecule has 0 saturated carbocycles. The second kappa shape index (κ2) is 16.1. The van der Waals surface area contributed by atoms with Crippen LogP contribution in [0.4, 0.5) is 11.4 Å². The number of hydrogen-bond acceptors (Lipinski definition) is 1. The van der Waals surface area contributed by atoms with Crippen molar-refractivity contribution in [2.45, 2.75) is 44.6 Å². The molecule has 0 fully saturated rings. The number of hydrogen-bond donors (Lipinski definition) is 0. The highest BCUT2D eigenvalue weighted by Crippen LogP contribution is 2.50. The first-order chi connectivity index (χ1) is 31.8. The Labute approximate surface area is 383 Å². The molecule has 65 heavy (non-hydrogen) atoms. The van der Waals surface area contributed by atoms with Gasteiger partial charge in [-0.2, -0.15) is 0 Å². The van der Waals surface area contributed by atoms with E-state index in [1.54, 1.807) is 0 Å². The quantitative estimate of drug-likeness (QED) is 0.148. The van der Waals surface area contributed by atoms with E-state index >= 15 is 0 Å². The van der Waals surface area contributed by atoms with Crippen LogP contribution in [0.5, 0.6) is 0 Å². The zero-order valence-corrected chi connectivity index (χ0v) is 37.5. The van der Waals surface area contributed by atoms with E-state index in [9.17, 15) is 0 Å². The van der Waals surface area contributed by atoms with Crippen LogP contribution >= 0.6 is 0 Å². The summed E-state index contributed by atoms with van der Waals surface area (Å²) in [5.74, 6) is 0.0551. The van der Waals surface area contributed by atoms with E-state index in [-0.39, 0.29) is 11.3 Å². The number of anilines is 2. The van der Waals surface area contributed by atoms with E-state index in [1.807, 2.05) is 0 Å². The van der Waals surface area contributed by atoms with Crippen molar-refractivity contribution in [2.24, 2.45) is 0 Å². The Bertz CT molecular complexity index is 3400.